The molecule has 6 heteroatoms. The van der Waals surface area contributed by atoms with Crippen LogP contribution in [0.3, 0.4) is 0 Å². The molecule has 1 fully saturated rings. The van der Waals surface area contributed by atoms with Crippen LogP contribution in [-0.2, 0) is 0 Å². The van der Waals surface area contributed by atoms with Gasteiger partial charge in [0.2, 0.25) is 11.9 Å². The van der Waals surface area contributed by atoms with Crippen LogP contribution >= 0.6 is 11.8 Å². The predicted octanol–water partition coefficient (Wildman–Crippen LogP) is 2.27. The summed E-state index contributed by atoms with van der Waals surface area (Å²) in [5, 5.41) is 3.31. The van der Waals surface area contributed by atoms with Crippen LogP contribution in [-0.4, -0.2) is 32.5 Å². The van der Waals surface area contributed by atoms with Gasteiger partial charge in [-0.2, -0.15) is 26.7 Å². The third kappa shape index (κ3) is 2.85. The summed E-state index contributed by atoms with van der Waals surface area (Å²) in [5.41, 5.74) is 5.71. The molecule has 1 aliphatic rings. The van der Waals surface area contributed by atoms with E-state index in [2.05, 4.69) is 26.5 Å². The fraction of sp³-hybridized carbons (Fsp3) is 0.750. The van der Waals surface area contributed by atoms with Crippen LogP contribution in [0.15, 0.2) is 0 Å². The Morgan fingerprint density at radius 1 is 1.33 bits per heavy atom. The van der Waals surface area contributed by atoms with Gasteiger partial charge in [0.25, 0.3) is 0 Å². The van der Waals surface area contributed by atoms with Crippen molar-refractivity contribution in [2.45, 2.75) is 43.8 Å². The fourth-order valence-electron chi connectivity index (χ4n) is 2.01. The van der Waals surface area contributed by atoms with Gasteiger partial charge in [0.15, 0.2) is 0 Å². The highest BCUT2D eigenvalue weighted by atomic mass is 32.2. The van der Waals surface area contributed by atoms with Crippen molar-refractivity contribution < 1.29 is 0 Å². The zero-order valence-electron chi connectivity index (χ0n) is 11.2. The van der Waals surface area contributed by atoms with E-state index < -0.39 is 0 Å². The summed E-state index contributed by atoms with van der Waals surface area (Å²) in [6.45, 7) is 5.00. The summed E-state index contributed by atoms with van der Waals surface area (Å²) >= 11 is 1.93. The molecule has 1 aromatic heterocycles. The van der Waals surface area contributed by atoms with E-state index in [1.807, 2.05) is 25.6 Å². The molecule has 0 saturated heterocycles. The molecule has 18 heavy (non-hydrogen) atoms. The van der Waals surface area contributed by atoms with E-state index >= 15 is 0 Å². The van der Waals surface area contributed by atoms with Crippen LogP contribution in [0.2, 0.25) is 0 Å². The Morgan fingerprint density at radius 2 is 2.06 bits per heavy atom. The zero-order chi connectivity index (χ0) is 13.2. The van der Waals surface area contributed by atoms with Gasteiger partial charge in [-0.25, -0.2) is 0 Å². The molecule has 0 radical (unpaired) electrons. The highest BCUT2D eigenvalue weighted by Gasteiger charge is 2.36. The summed E-state index contributed by atoms with van der Waals surface area (Å²) in [5.74, 6) is 1.90. The van der Waals surface area contributed by atoms with Crippen molar-refractivity contribution in [1.29, 1.82) is 0 Å². The van der Waals surface area contributed by atoms with Crippen LogP contribution in [0.25, 0.3) is 0 Å². The highest BCUT2D eigenvalue weighted by molar-refractivity contribution is 8.00. The molecule has 1 aromatic rings. The maximum Gasteiger partial charge on any atom is 0.227 e. The first-order chi connectivity index (χ1) is 8.54. The molecular weight excluding hydrogens is 246 g/mol. The van der Waals surface area contributed by atoms with Gasteiger partial charge in [0.1, 0.15) is 5.82 Å². The third-order valence-electron chi connectivity index (χ3n) is 3.45. The first-order valence-electron chi connectivity index (χ1n) is 6.35. The molecular formula is C12H21N5S. The van der Waals surface area contributed by atoms with Crippen LogP contribution < -0.4 is 11.1 Å². The zero-order valence-corrected chi connectivity index (χ0v) is 12.0. The fourth-order valence-corrected chi connectivity index (χ4v) is 2.92. The Labute approximate surface area is 112 Å². The largest absolute Gasteiger partial charge is 0.368 e. The monoisotopic (exact) mass is 267 g/mol. The topological polar surface area (TPSA) is 76.7 Å². The van der Waals surface area contributed by atoms with Crippen molar-refractivity contribution in [1.82, 2.24) is 15.0 Å². The summed E-state index contributed by atoms with van der Waals surface area (Å²) in [6.07, 6.45) is 6.01. The number of nitrogen functional groups attached to an aromatic ring is 1. The summed E-state index contributed by atoms with van der Waals surface area (Å²) in [7, 11) is 0. The number of nitrogens with zero attached hydrogens (tertiary/aromatic N) is 3. The van der Waals surface area contributed by atoms with E-state index in [4.69, 9.17) is 5.73 Å². The average Bonchev–Trinajstić information content (AvgIpc) is 2.27. The van der Waals surface area contributed by atoms with E-state index in [1.165, 1.54) is 19.3 Å². The molecule has 0 spiro atoms. The molecule has 100 valence electrons. The van der Waals surface area contributed by atoms with Gasteiger partial charge in [0.05, 0.1) is 0 Å². The van der Waals surface area contributed by atoms with Crippen molar-refractivity contribution >= 4 is 23.7 Å². The van der Waals surface area contributed by atoms with Crippen LogP contribution in [0.5, 0.6) is 0 Å². The minimum atomic E-state index is 0.258. The Balaban J connectivity index is 2.05. The SMILES string of the molecule is CSC1(CNc2nc(N)nc(C(C)C)n2)CCC1. The van der Waals surface area contributed by atoms with E-state index in [-0.39, 0.29) is 5.92 Å². The average molecular weight is 267 g/mol. The minimum Gasteiger partial charge on any atom is -0.368 e. The number of rotatable bonds is 5. The molecule has 0 amide bonds. The van der Waals surface area contributed by atoms with E-state index in [1.54, 1.807) is 0 Å². The smallest absolute Gasteiger partial charge is 0.227 e. The first-order valence-corrected chi connectivity index (χ1v) is 7.58. The van der Waals surface area contributed by atoms with Crippen molar-refractivity contribution in [3.63, 3.8) is 0 Å². The number of anilines is 2. The van der Waals surface area contributed by atoms with Gasteiger partial charge < -0.3 is 11.1 Å². The second-order valence-electron chi connectivity index (χ2n) is 5.12. The lowest BCUT2D eigenvalue weighted by molar-refractivity contribution is 0.379. The van der Waals surface area contributed by atoms with Gasteiger partial charge in [-0.15, -0.1) is 0 Å². The molecule has 0 aliphatic heterocycles. The van der Waals surface area contributed by atoms with Crippen molar-refractivity contribution in [2.24, 2.45) is 0 Å². The molecule has 5 nitrogen and oxygen atoms in total. The Bertz CT molecular complexity index is 411. The maximum atomic E-state index is 5.71. The predicted molar refractivity (Wildman–Crippen MR) is 76.9 cm³/mol. The number of hydrogen-bond acceptors (Lipinski definition) is 6. The maximum absolute atomic E-state index is 5.71. The number of nitrogens with two attached hydrogens (primary N) is 1. The number of hydrogen-bond donors (Lipinski definition) is 2. The Morgan fingerprint density at radius 3 is 2.56 bits per heavy atom. The molecule has 1 saturated carbocycles. The van der Waals surface area contributed by atoms with Gasteiger partial charge in [-0.05, 0) is 19.1 Å². The quantitative estimate of drug-likeness (QED) is 0.852. The van der Waals surface area contributed by atoms with E-state index in [0.29, 0.717) is 16.6 Å². The van der Waals surface area contributed by atoms with Crippen molar-refractivity contribution in [3.8, 4) is 0 Å². The molecule has 0 aromatic carbocycles. The van der Waals surface area contributed by atoms with E-state index in [0.717, 1.165) is 12.4 Å². The highest BCUT2D eigenvalue weighted by Crippen LogP contribution is 2.42. The molecule has 0 atom stereocenters. The van der Waals surface area contributed by atoms with Gasteiger partial charge in [-0.1, -0.05) is 20.3 Å². The summed E-state index contributed by atoms with van der Waals surface area (Å²) < 4.78 is 0.361. The lowest BCUT2D eigenvalue weighted by Gasteiger charge is -2.40. The van der Waals surface area contributed by atoms with E-state index in [9.17, 15) is 0 Å². The number of nitrogens with one attached hydrogen (secondary N) is 1. The third-order valence-corrected chi connectivity index (χ3v) is 4.87. The summed E-state index contributed by atoms with van der Waals surface area (Å²) in [6, 6.07) is 0. The molecule has 3 N–H and O–H groups in total. The number of aromatic nitrogens is 3. The van der Waals surface area contributed by atoms with Crippen LogP contribution in [0.1, 0.15) is 44.9 Å². The lowest BCUT2D eigenvalue weighted by Crippen LogP contribution is -2.40. The van der Waals surface area contributed by atoms with Gasteiger partial charge in [-0.3, -0.25) is 0 Å². The van der Waals surface area contributed by atoms with Crippen LogP contribution in [0.4, 0.5) is 11.9 Å². The van der Waals surface area contributed by atoms with Crippen molar-refractivity contribution in [2.75, 3.05) is 23.9 Å². The second-order valence-corrected chi connectivity index (χ2v) is 6.40. The molecule has 2 rings (SSSR count). The molecule has 0 bridgehead atoms. The van der Waals surface area contributed by atoms with Crippen LogP contribution in [0, 0.1) is 0 Å². The summed E-state index contributed by atoms with van der Waals surface area (Å²) in [4.78, 5) is 12.7. The standard InChI is InChI=1S/C12H21N5S/c1-8(2)9-15-10(13)17-11(16-9)14-7-12(18-3)5-4-6-12/h8H,4-7H2,1-3H3,(H3,13,14,15,16,17). The molecule has 0 unspecified atom stereocenters. The Kier molecular flexibility index (Phi) is 3.94. The molecule has 1 aliphatic carbocycles. The lowest BCUT2D eigenvalue weighted by atomic mass is 9.84. The number of thioether (sulfide) groups is 1. The Hall–Kier alpha value is -1.04. The van der Waals surface area contributed by atoms with Crippen molar-refractivity contribution in [3.05, 3.63) is 5.82 Å². The normalized spacial score (nSPS) is 17.6. The molecule has 1 heterocycles. The minimum absolute atomic E-state index is 0.258. The van der Waals surface area contributed by atoms with Gasteiger partial charge in [0, 0.05) is 17.2 Å². The van der Waals surface area contributed by atoms with Gasteiger partial charge >= 0.3 is 0 Å². The first kappa shape index (κ1) is 13.4. The second kappa shape index (κ2) is 5.30.